The van der Waals surface area contributed by atoms with Crippen LogP contribution in [0.4, 0.5) is 0 Å². The van der Waals surface area contributed by atoms with Crippen LogP contribution in [0.3, 0.4) is 0 Å². The number of fused-ring (bicyclic) bond motifs is 1. The summed E-state index contributed by atoms with van der Waals surface area (Å²) in [6.45, 7) is 3.92. The second kappa shape index (κ2) is 3.64. The molecule has 16 heavy (non-hydrogen) atoms. The van der Waals surface area contributed by atoms with Crippen molar-refractivity contribution in [2.75, 3.05) is 0 Å². The van der Waals surface area contributed by atoms with E-state index in [4.69, 9.17) is 11.6 Å². The Kier molecular flexibility index (Phi) is 2.43. The summed E-state index contributed by atoms with van der Waals surface area (Å²) >= 11 is 5.88. The minimum atomic E-state index is -0.516. The maximum atomic E-state index is 11.6. The number of allylic oxidation sites excluding steroid dienone is 1. The van der Waals surface area contributed by atoms with Crippen LogP contribution in [-0.2, 0) is 13.6 Å². The van der Waals surface area contributed by atoms with Gasteiger partial charge in [0, 0.05) is 13.6 Å². The van der Waals surface area contributed by atoms with E-state index in [1.807, 2.05) is 0 Å². The SMILES string of the molecule is C=CCn1c(Cl)nc2c1c(=O)[nH]c(=O)n2C. The van der Waals surface area contributed by atoms with Crippen molar-refractivity contribution in [3.63, 3.8) is 0 Å². The summed E-state index contributed by atoms with van der Waals surface area (Å²) in [4.78, 5) is 29.1. The molecular weight excluding hydrogens is 232 g/mol. The fourth-order valence-corrected chi connectivity index (χ4v) is 1.74. The van der Waals surface area contributed by atoms with Gasteiger partial charge in [-0.1, -0.05) is 6.08 Å². The summed E-state index contributed by atoms with van der Waals surface area (Å²) in [7, 11) is 1.52. The molecule has 0 saturated heterocycles. The Morgan fingerprint density at radius 2 is 2.25 bits per heavy atom. The molecule has 0 aliphatic rings. The highest BCUT2D eigenvalue weighted by Gasteiger charge is 2.14. The van der Waals surface area contributed by atoms with Gasteiger partial charge in [-0.2, -0.15) is 4.98 Å². The highest BCUT2D eigenvalue weighted by molar-refractivity contribution is 6.29. The number of hydrogen-bond acceptors (Lipinski definition) is 3. The van der Waals surface area contributed by atoms with Crippen molar-refractivity contribution in [2.24, 2.45) is 7.05 Å². The van der Waals surface area contributed by atoms with Crippen molar-refractivity contribution in [1.29, 1.82) is 0 Å². The Balaban J connectivity index is 3.00. The van der Waals surface area contributed by atoms with Gasteiger partial charge in [0.2, 0.25) is 5.28 Å². The molecule has 2 aromatic heterocycles. The highest BCUT2D eigenvalue weighted by Crippen LogP contribution is 2.14. The Morgan fingerprint density at radius 1 is 1.56 bits per heavy atom. The topological polar surface area (TPSA) is 72.7 Å². The lowest BCUT2D eigenvalue weighted by molar-refractivity contribution is 0.819. The minimum Gasteiger partial charge on any atom is -0.305 e. The quantitative estimate of drug-likeness (QED) is 0.605. The third kappa shape index (κ3) is 1.38. The zero-order valence-electron chi connectivity index (χ0n) is 8.53. The van der Waals surface area contributed by atoms with Crippen LogP contribution in [0.25, 0.3) is 11.2 Å². The van der Waals surface area contributed by atoms with Crippen LogP contribution in [0.1, 0.15) is 0 Å². The van der Waals surface area contributed by atoms with Crippen LogP contribution < -0.4 is 11.2 Å². The fourth-order valence-electron chi connectivity index (χ4n) is 1.50. The van der Waals surface area contributed by atoms with Gasteiger partial charge in [0.15, 0.2) is 11.2 Å². The molecule has 0 spiro atoms. The molecule has 1 N–H and O–H groups in total. The molecule has 0 atom stereocenters. The predicted molar refractivity (Wildman–Crippen MR) is 60.8 cm³/mol. The van der Waals surface area contributed by atoms with Crippen molar-refractivity contribution in [3.8, 4) is 0 Å². The maximum absolute atomic E-state index is 11.6. The number of nitrogens with zero attached hydrogens (tertiary/aromatic N) is 3. The van der Waals surface area contributed by atoms with Gasteiger partial charge in [-0.3, -0.25) is 14.3 Å². The summed E-state index contributed by atoms with van der Waals surface area (Å²) in [6, 6.07) is 0. The number of hydrogen-bond donors (Lipinski definition) is 1. The van der Waals surface area contributed by atoms with Gasteiger partial charge in [0.05, 0.1) is 0 Å². The predicted octanol–water partition coefficient (Wildman–Crippen LogP) is 0.263. The Morgan fingerprint density at radius 3 is 2.88 bits per heavy atom. The van der Waals surface area contributed by atoms with Crippen LogP contribution in [-0.4, -0.2) is 19.1 Å². The molecule has 7 heteroatoms. The van der Waals surface area contributed by atoms with E-state index in [1.54, 1.807) is 6.08 Å². The molecule has 0 radical (unpaired) electrons. The number of nitrogens with one attached hydrogen (secondary N) is 1. The molecule has 84 valence electrons. The third-order valence-electron chi connectivity index (χ3n) is 2.27. The normalized spacial score (nSPS) is 10.9. The van der Waals surface area contributed by atoms with E-state index in [0.29, 0.717) is 6.54 Å². The lowest BCUT2D eigenvalue weighted by Gasteiger charge is -2.00. The van der Waals surface area contributed by atoms with E-state index in [-0.39, 0.29) is 16.4 Å². The molecule has 0 fully saturated rings. The minimum absolute atomic E-state index is 0.154. The molecule has 2 aromatic rings. The van der Waals surface area contributed by atoms with Crippen molar-refractivity contribution in [3.05, 3.63) is 38.8 Å². The highest BCUT2D eigenvalue weighted by atomic mass is 35.5. The third-order valence-corrected chi connectivity index (χ3v) is 2.56. The standard InChI is InChI=1S/C9H9ClN4O2/c1-3-4-14-5-6(11-8(14)10)13(2)9(16)12-7(5)15/h3H,1,4H2,2H3,(H,12,15,16). The zero-order valence-corrected chi connectivity index (χ0v) is 9.28. The lowest BCUT2D eigenvalue weighted by Crippen LogP contribution is -2.29. The van der Waals surface area contributed by atoms with E-state index in [9.17, 15) is 9.59 Å². The first-order valence-electron chi connectivity index (χ1n) is 4.52. The zero-order chi connectivity index (χ0) is 11.9. The summed E-state index contributed by atoms with van der Waals surface area (Å²) < 4.78 is 2.73. The average Bonchev–Trinajstić information content (AvgIpc) is 2.54. The van der Waals surface area contributed by atoms with Gasteiger partial charge in [-0.25, -0.2) is 4.79 Å². The molecule has 0 bridgehead atoms. The first kappa shape index (κ1) is 10.7. The van der Waals surface area contributed by atoms with E-state index in [1.165, 1.54) is 16.2 Å². The smallest absolute Gasteiger partial charge is 0.305 e. The van der Waals surface area contributed by atoms with E-state index in [0.717, 1.165) is 0 Å². The average molecular weight is 241 g/mol. The second-order valence-electron chi connectivity index (χ2n) is 3.27. The first-order chi connectivity index (χ1) is 7.56. The molecule has 0 unspecified atom stereocenters. The van der Waals surface area contributed by atoms with Crippen LogP contribution in [0.5, 0.6) is 0 Å². The number of rotatable bonds is 2. The second-order valence-corrected chi connectivity index (χ2v) is 3.61. The van der Waals surface area contributed by atoms with Crippen LogP contribution in [0.2, 0.25) is 5.28 Å². The van der Waals surface area contributed by atoms with Crippen LogP contribution in [0, 0.1) is 0 Å². The van der Waals surface area contributed by atoms with Gasteiger partial charge < -0.3 is 4.57 Å². The van der Waals surface area contributed by atoms with E-state index >= 15 is 0 Å². The summed E-state index contributed by atoms with van der Waals surface area (Å²) in [5, 5.41) is 0.154. The molecule has 2 heterocycles. The number of aromatic amines is 1. The van der Waals surface area contributed by atoms with Gasteiger partial charge in [0.25, 0.3) is 5.56 Å². The molecular formula is C9H9ClN4O2. The number of aryl methyl sites for hydroxylation is 1. The van der Waals surface area contributed by atoms with Gasteiger partial charge in [0.1, 0.15) is 0 Å². The lowest BCUT2D eigenvalue weighted by atomic mass is 10.5. The number of aromatic nitrogens is 4. The summed E-state index contributed by atoms with van der Waals surface area (Å²) in [5.74, 6) is 0. The largest absolute Gasteiger partial charge is 0.329 e. The monoisotopic (exact) mass is 240 g/mol. The summed E-state index contributed by atoms with van der Waals surface area (Å²) in [5.41, 5.74) is -0.482. The van der Waals surface area contributed by atoms with Crippen LogP contribution >= 0.6 is 11.6 Å². The molecule has 2 rings (SSSR count). The van der Waals surface area contributed by atoms with Crippen molar-refractivity contribution >= 4 is 22.8 Å². The van der Waals surface area contributed by atoms with Gasteiger partial charge in [-0.05, 0) is 11.6 Å². The maximum Gasteiger partial charge on any atom is 0.329 e. The Bertz CT molecular complexity index is 679. The number of imidazole rings is 1. The van der Waals surface area contributed by atoms with Crippen molar-refractivity contribution in [1.82, 2.24) is 19.1 Å². The van der Waals surface area contributed by atoms with E-state index in [2.05, 4.69) is 16.5 Å². The van der Waals surface area contributed by atoms with Gasteiger partial charge in [-0.15, -0.1) is 6.58 Å². The van der Waals surface area contributed by atoms with E-state index < -0.39 is 11.2 Å². The number of H-pyrrole nitrogens is 1. The Hall–Kier alpha value is -1.82. The first-order valence-corrected chi connectivity index (χ1v) is 4.90. The molecule has 0 aliphatic carbocycles. The molecule has 0 saturated carbocycles. The fraction of sp³-hybridized carbons (Fsp3) is 0.222. The molecule has 6 nitrogen and oxygen atoms in total. The number of halogens is 1. The molecule has 0 aromatic carbocycles. The van der Waals surface area contributed by atoms with Crippen LogP contribution in [0.15, 0.2) is 22.2 Å². The van der Waals surface area contributed by atoms with Crippen molar-refractivity contribution in [2.45, 2.75) is 6.54 Å². The summed E-state index contributed by atoms with van der Waals surface area (Å²) in [6.07, 6.45) is 1.59. The molecule has 0 aliphatic heterocycles. The van der Waals surface area contributed by atoms with Gasteiger partial charge >= 0.3 is 5.69 Å². The molecule has 0 amide bonds. The van der Waals surface area contributed by atoms with Crippen molar-refractivity contribution < 1.29 is 0 Å². The Labute approximate surface area is 94.8 Å².